The van der Waals surface area contributed by atoms with E-state index in [1.807, 2.05) is 0 Å². The number of hydrogen-bond donors (Lipinski definition) is 1. The van der Waals surface area contributed by atoms with Gasteiger partial charge in [-0.25, -0.2) is 0 Å². The van der Waals surface area contributed by atoms with Crippen LogP contribution in [0.25, 0.3) is 0 Å². The van der Waals surface area contributed by atoms with Crippen LogP contribution in [0.15, 0.2) is 0 Å². The van der Waals surface area contributed by atoms with Crippen LogP contribution >= 0.6 is 0 Å². The highest BCUT2D eigenvalue weighted by Gasteiger charge is 2.40. The van der Waals surface area contributed by atoms with Crippen LogP contribution < -0.4 is 5.32 Å². The number of nitrogens with one attached hydrogen (secondary N) is 1. The smallest absolute Gasteiger partial charge is 0.0637 e. The van der Waals surface area contributed by atoms with Gasteiger partial charge >= 0.3 is 0 Å². The van der Waals surface area contributed by atoms with E-state index in [0.717, 1.165) is 13.0 Å². The van der Waals surface area contributed by atoms with Gasteiger partial charge in [-0.3, -0.25) is 0 Å². The molecule has 1 N–H and O–H groups in total. The van der Waals surface area contributed by atoms with E-state index in [-0.39, 0.29) is 5.60 Å². The molecule has 2 nitrogen and oxygen atoms in total. The maximum absolute atomic E-state index is 5.40. The molecule has 0 bridgehead atoms. The van der Waals surface area contributed by atoms with E-state index in [1.165, 1.54) is 0 Å². The van der Waals surface area contributed by atoms with Gasteiger partial charge in [-0.05, 0) is 25.7 Å². The molecule has 1 fully saturated rings. The lowest BCUT2D eigenvalue weighted by Crippen LogP contribution is -2.61. The third-order valence-electron chi connectivity index (χ3n) is 3.00. The fraction of sp³-hybridized carbons (Fsp3) is 1.00. The lowest BCUT2D eigenvalue weighted by Gasteiger charge is -2.48. The average molecular weight is 171 g/mol. The van der Waals surface area contributed by atoms with Gasteiger partial charge in [-0.15, -0.1) is 0 Å². The minimum absolute atomic E-state index is 0.00928. The van der Waals surface area contributed by atoms with E-state index in [0.29, 0.717) is 11.5 Å². The van der Waals surface area contributed by atoms with Gasteiger partial charge in [0.1, 0.15) is 0 Å². The van der Waals surface area contributed by atoms with Crippen molar-refractivity contribution >= 4 is 0 Å². The van der Waals surface area contributed by atoms with Crippen molar-refractivity contribution in [1.82, 2.24) is 5.32 Å². The first kappa shape index (κ1) is 10.0. The van der Waals surface area contributed by atoms with E-state index < -0.39 is 0 Å². The zero-order valence-electron chi connectivity index (χ0n) is 8.90. The van der Waals surface area contributed by atoms with Crippen LogP contribution in [0.5, 0.6) is 0 Å². The molecule has 0 amide bonds. The highest BCUT2D eigenvalue weighted by atomic mass is 16.5. The molecule has 1 rings (SSSR count). The van der Waals surface area contributed by atoms with E-state index in [1.54, 1.807) is 7.11 Å². The van der Waals surface area contributed by atoms with Gasteiger partial charge in [0.2, 0.25) is 0 Å². The SMILES string of the molecule is COC(C)(C)CC1NCC1(C)C. The van der Waals surface area contributed by atoms with Crippen LogP contribution in [0.1, 0.15) is 34.1 Å². The number of methoxy groups -OCH3 is 1. The topological polar surface area (TPSA) is 21.3 Å². The standard InChI is InChI=1S/C10H21NO/c1-9(2)7-11-8(9)6-10(3,4)12-5/h8,11H,6-7H2,1-5H3. The molecule has 1 aliphatic rings. The van der Waals surface area contributed by atoms with Gasteiger partial charge in [0.15, 0.2) is 0 Å². The molecule has 2 heteroatoms. The fourth-order valence-electron chi connectivity index (χ4n) is 1.58. The monoisotopic (exact) mass is 171 g/mol. The second-order valence-corrected chi connectivity index (χ2v) is 5.09. The maximum atomic E-state index is 5.40. The van der Waals surface area contributed by atoms with Crippen molar-refractivity contribution in [1.29, 1.82) is 0 Å². The van der Waals surface area contributed by atoms with E-state index >= 15 is 0 Å². The van der Waals surface area contributed by atoms with Crippen molar-refractivity contribution in [2.75, 3.05) is 13.7 Å². The highest BCUT2D eigenvalue weighted by Crippen LogP contribution is 2.33. The molecule has 1 aliphatic heterocycles. The summed E-state index contributed by atoms with van der Waals surface area (Å²) in [5.41, 5.74) is 0.463. The van der Waals surface area contributed by atoms with Gasteiger partial charge in [-0.2, -0.15) is 0 Å². The van der Waals surface area contributed by atoms with Crippen LogP contribution in [0.4, 0.5) is 0 Å². The first-order valence-corrected chi connectivity index (χ1v) is 4.66. The lowest BCUT2D eigenvalue weighted by molar-refractivity contribution is -0.0240. The second-order valence-electron chi connectivity index (χ2n) is 5.09. The Balaban J connectivity index is 2.42. The van der Waals surface area contributed by atoms with Gasteiger partial charge in [-0.1, -0.05) is 13.8 Å². The summed E-state index contributed by atoms with van der Waals surface area (Å²) in [6.07, 6.45) is 1.09. The molecule has 1 unspecified atom stereocenters. The first-order chi connectivity index (χ1) is 5.37. The minimum Gasteiger partial charge on any atom is -0.379 e. The molecule has 0 aromatic heterocycles. The Bertz CT molecular complexity index is 163. The third kappa shape index (κ3) is 1.99. The largest absolute Gasteiger partial charge is 0.379 e. The number of ether oxygens (including phenoxy) is 1. The summed E-state index contributed by atoms with van der Waals surface area (Å²) in [5.74, 6) is 0. The molecule has 1 heterocycles. The molecular formula is C10H21NO. The van der Waals surface area contributed by atoms with Crippen molar-refractivity contribution < 1.29 is 4.74 Å². The molecule has 0 spiro atoms. The van der Waals surface area contributed by atoms with Crippen molar-refractivity contribution in [3.8, 4) is 0 Å². The Labute approximate surface area is 75.7 Å². The molecule has 72 valence electrons. The Morgan fingerprint density at radius 3 is 2.33 bits per heavy atom. The summed E-state index contributed by atoms with van der Waals surface area (Å²) < 4.78 is 5.40. The second kappa shape index (κ2) is 3.00. The van der Waals surface area contributed by atoms with Crippen LogP contribution in [0.2, 0.25) is 0 Å². The van der Waals surface area contributed by atoms with E-state index in [4.69, 9.17) is 4.74 Å². The molecule has 1 saturated heterocycles. The van der Waals surface area contributed by atoms with E-state index in [9.17, 15) is 0 Å². The predicted molar refractivity (Wildman–Crippen MR) is 51.3 cm³/mol. The normalized spacial score (nSPS) is 28.2. The molecule has 0 saturated carbocycles. The van der Waals surface area contributed by atoms with Crippen molar-refractivity contribution in [2.45, 2.75) is 45.8 Å². The van der Waals surface area contributed by atoms with Crippen molar-refractivity contribution in [3.63, 3.8) is 0 Å². The zero-order valence-corrected chi connectivity index (χ0v) is 8.90. The van der Waals surface area contributed by atoms with Gasteiger partial charge < -0.3 is 10.1 Å². The van der Waals surface area contributed by atoms with Crippen LogP contribution in [-0.2, 0) is 4.74 Å². The highest BCUT2D eigenvalue weighted by molar-refractivity contribution is 4.98. The fourth-order valence-corrected chi connectivity index (χ4v) is 1.58. The average Bonchev–Trinajstić information content (AvgIpc) is 1.99. The van der Waals surface area contributed by atoms with Gasteiger partial charge in [0.25, 0.3) is 0 Å². The first-order valence-electron chi connectivity index (χ1n) is 4.66. The van der Waals surface area contributed by atoms with Crippen LogP contribution in [0.3, 0.4) is 0 Å². The van der Waals surface area contributed by atoms with Crippen LogP contribution in [0, 0.1) is 5.41 Å². The van der Waals surface area contributed by atoms with Gasteiger partial charge in [0.05, 0.1) is 5.60 Å². The zero-order chi connectivity index (χ0) is 9.41. The molecule has 0 aliphatic carbocycles. The van der Waals surface area contributed by atoms with Crippen molar-refractivity contribution in [3.05, 3.63) is 0 Å². The summed E-state index contributed by atoms with van der Waals surface area (Å²) in [4.78, 5) is 0. The predicted octanol–water partition coefficient (Wildman–Crippen LogP) is 1.80. The third-order valence-corrected chi connectivity index (χ3v) is 3.00. The molecule has 0 aromatic rings. The molecule has 0 aromatic carbocycles. The number of hydrogen-bond acceptors (Lipinski definition) is 2. The quantitative estimate of drug-likeness (QED) is 0.699. The molecular weight excluding hydrogens is 150 g/mol. The lowest BCUT2D eigenvalue weighted by atomic mass is 9.73. The number of rotatable bonds is 3. The van der Waals surface area contributed by atoms with E-state index in [2.05, 4.69) is 33.0 Å². The summed E-state index contributed by atoms with van der Waals surface area (Å²) in [6.45, 7) is 10.0. The maximum Gasteiger partial charge on any atom is 0.0637 e. The minimum atomic E-state index is 0.00928. The Hall–Kier alpha value is -0.0800. The van der Waals surface area contributed by atoms with Crippen LogP contribution in [-0.4, -0.2) is 25.3 Å². The Morgan fingerprint density at radius 2 is 2.08 bits per heavy atom. The molecule has 12 heavy (non-hydrogen) atoms. The van der Waals surface area contributed by atoms with Gasteiger partial charge in [0, 0.05) is 19.7 Å². The summed E-state index contributed by atoms with van der Waals surface area (Å²) >= 11 is 0. The summed E-state index contributed by atoms with van der Waals surface area (Å²) in [7, 11) is 1.78. The summed E-state index contributed by atoms with van der Waals surface area (Å²) in [6, 6.07) is 0.618. The Kier molecular flexibility index (Phi) is 2.50. The summed E-state index contributed by atoms with van der Waals surface area (Å²) in [5, 5.41) is 3.45. The van der Waals surface area contributed by atoms with Crippen molar-refractivity contribution in [2.24, 2.45) is 5.41 Å². The molecule has 0 radical (unpaired) electrons. The molecule has 1 atom stereocenters. The Morgan fingerprint density at radius 1 is 1.50 bits per heavy atom.